The molecule has 0 radical (unpaired) electrons. The highest BCUT2D eigenvalue weighted by molar-refractivity contribution is 5.94. The maximum absolute atomic E-state index is 12.0. The van der Waals surface area contributed by atoms with E-state index in [0.717, 1.165) is 16.5 Å². The molecule has 2 aromatic carbocycles. The van der Waals surface area contributed by atoms with Crippen LogP contribution in [0.3, 0.4) is 0 Å². The molecule has 0 amide bonds. The zero-order chi connectivity index (χ0) is 15.4. The molecule has 3 rings (SSSR count). The number of carbonyl (C=O) groups excluding carboxylic acids is 1. The molecule has 0 aliphatic carbocycles. The van der Waals surface area contributed by atoms with E-state index in [2.05, 4.69) is 17.1 Å². The number of benzene rings is 2. The Balaban J connectivity index is 2.08. The maximum Gasteiger partial charge on any atom is 0.356 e. The van der Waals surface area contributed by atoms with Crippen molar-refractivity contribution in [2.45, 2.75) is 13.3 Å². The lowest BCUT2D eigenvalue weighted by molar-refractivity contribution is 0.0519. The number of esters is 1. The molecule has 3 heteroatoms. The quantitative estimate of drug-likeness (QED) is 0.682. The Morgan fingerprint density at radius 3 is 2.55 bits per heavy atom. The van der Waals surface area contributed by atoms with Crippen LogP contribution in [0, 0.1) is 0 Å². The second-order valence-electron chi connectivity index (χ2n) is 5.06. The minimum absolute atomic E-state index is 0.349. The fourth-order valence-corrected chi connectivity index (χ4v) is 2.50. The smallest absolute Gasteiger partial charge is 0.356 e. The van der Waals surface area contributed by atoms with E-state index in [1.807, 2.05) is 42.5 Å². The van der Waals surface area contributed by atoms with Gasteiger partial charge in [0.2, 0.25) is 0 Å². The van der Waals surface area contributed by atoms with Crippen LogP contribution in [0.4, 0.5) is 0 Å². The van der Waals surface area contributed by atoms with Gasteiger partial charge in [0.25, 0.3) is 0 Å². The molecule has 0 spiro atoms. The molecule has 0 unspecified atom stereocenters. The van der Waals surface area contributed by atoms with Crippen molar-refractivity contribution < 1.29 is 9.53 Å². The molecule has 0 atom stereocenters. The highest BCUT2D eigenvalue weighted by atomic mass is 16.5. The third kappa shape index (κ3) is 2.98. The lowest BCUT2D eigenvalue weighted by Gasteiger charge is -2.09. The van der Waals surface area contributed by atoms with Gasteiger partial charge in [-0.1, -0.05) is 54.6 Å². The topological polar surface area (TPSA) is 39.2 Å². The zero-order valence-electron chi connectivity index (χ0n) is 12.5. The van der Waals surface area contributed by atoms with Crippen LogP contribution in [0.1, 0.15) is 28.7 Å². The third-order valence-corrected chi connectivity index (χ3v) is 3.52. The van der Waals surface area contributed by atoms with Gasteiger partial charge < -0.3 is 4.74 Å². The fraction of sp³-hybridized carbons (Fsp3) is 0.158. The van der Waals surface area contributed by atoms with Gasteiger partial charge >= 0.3 is 5.97 Å². The van der Waals surface area contributed by atoms with Gasteiger partial charge in [-0.2, -0.15) is 0 Å². The van der Waals surface area contributed by atoms with Gasteiger partial charge in [-0.05, 0) is 23.9 Å². The van der Waals surface area contributed by atoms with Crippen molar-refractivity contribution in [3.05, 3.63) is 77.6 Å². The summed E-state index contributed by atoms with van der Waals surface area (Å²) in [4.78, 5) is 16.5. The molecule has 3 nitrogen and oxygen atoms in total. The SMILES string of the molecule is CCOC(=O)c1cc2ccccc2c(Cc2ccccc2)n1. The molecule has 3 aromatic rings. The van der Waals surface area contributed by atoms with Crippen LogP contribution in [0.25, 0.3) is 10.8 Å². The lowest BCUT2D eigenvalue weighted by Crippen LogP contribution is -2.09. The van der Waals surface area contributed by atoms with Crippen molar-refractivity contribution in [1.29, 1.82) is 0 Å². The fourth-order valence-electron chi connectivity index (χ4n) is 2.50. The number of pyridine rings is 1. The number of ether oxygens (including phenoxy) is 1. The van der Waals surface area contributed by atoms with E-state index in [-0.39, 0.29) is 5.97 Å². The molecule has 0 bridgehead atoms. The summed E-state index contributed by atoms with van der Waals surface area (Å²) in [5.74, 6) is -0.373. The number of nitrogens with zero attached hydrogens (tertiary/aromatic N) is 1. The summed E-state index contributed by atoms with van der Waals surface area (Å²) < 4.78 is 5.08. The molecule has 1 heterocycles. The number of fused-ring (bicyclic) bond motifs is 1. The number of aromatic nitrogens is 1. The van der Waals surface area contributed by atoms with Crippen LogP contribution >= 0.6 is 0 Å². The van der Waals surface area contributed by atoms with E-state index in [1.54, 1.807) is 13.0 Å². The molecular formula is C19H17NO2. The Labute approximate surface area is 129 Å². The van der Waals surface area contributed by atoms with Gasteiger partial charge in [0.05, 0.1) is 12.3 Å². The lowest BCUT2D eigenvalue weighted by atomic mass is 10.0. The summed E-state index contributed by atoms with van der Waals surface area (Å²) in [6.45, 7) is 2.14. The van der Waals surface area contributed by atoms with Crippen LogP contribution in [0.15, 0.2) is 60.7 Å². The predicted octanol–water partition coefficient (Wildman–Crippen LogP) is 4.00. The second kappa shape index (κ2) is 6.39. The number of hydrogen-bond donors (Lipinski definition) is 0. The van der Waals surface area contributed by atoms with Gasteiger partial charge in [-0.25, -0.2) is 9.78 Å². The average molecular weight is 291 g/mol. The van der Waals surface area contributed by atoms with Crippen molar-refractivity contribution in [2.24, 2.45) is 0 Å². The highest BCUT2D eigenvalue weighted by Gasteiger charge is 2.13. The first-order valence-electron chi connectivity index (χ1n) is 7.37. The van der Waals surface area contributed by atoms with Crippen molar-refractivity contribution >= 4 is 16.7 Å². The number of carbonyl (C=O) groups is 1. The largest absolute Gasteiger partial charge is 0.461 e. The van der Waals surface area contributed by atoms with Crippen LogP contribution in [0.2, 0.25) is 0 Å². The van der Waals surface area contributed by atoms with Gasteiger partial charge in [0.1, 0.15) is 5.69 Å². The summed E-state index contributed by atoms with van der Waals surface area (Å²) in [5.41, 5.74) is 2.43. The summed E-state index contributed by atoms with van der Waals surface area (Å²) in [5, 5.41) is 2.07. The van der Waals surface area contributed by atoms with Crippen molar-refractivity contribution in [3.8, 4) is 0 Å². The van der Waals surface area contributed by atoms with E-state index in [1.165, 1.54) is 5.56 Å². The van der Waals surface area contributed by atoms with E-state index in [9.17, 15) is 4.79 Å². The average Bonchev–Trinajstić information content (AvgIpc) is 2.56. The monoisotopic (exact) mass is 291 g/mol. The molecule has 0 fully saturated rings. The summed E-state index contributed by atoms with van der Waals surface area (Å²) in [6, 6.07) is 19.9. The predicted molar refractivity (Wildman–Crippen MR) is 86.9 cm³/mol. The molecular weight excluding hydrogens is 274 g/mol. The van der Waals surface area contributed by atoms with Crippen LogP contribution in [-0.4, -0.2) is 17.6 Å². The van der Waals surface area contributed by atoms with E-state index >= 15 is 0 Å². The first-order chi connectivity index (χ1) is 10.8. The molecule has 0 aliphatic heterocycles. The van der Waals surface area contributed by atoms with Crippen molar-refractivity contribution in [1.82, 2.24) is 4.98 Å². The van der Waals surface area contributed by atoms with Gasteiger partial charge in [-0.3, -0.25) is 0 Å². The minimum Gasteiger partial charge on any atom is -0.461 e. The Morgan fingerprint density at radius 1 is 1.05 bits per heavy atom. The summed E-state index contributed by atoms with van der Waals surface area (Å²) >= 11 is 0. The normalized spacial score (nSPS) is 10.6. The molecule has 0 N–H and O–H groups in total. The van der Waals surface area contributed by atoms with Gasteiger partial charge in [-0.15, -0.1) is 0 Å². The summed E-state index contributed by atoms with van der Waals surface area (Å²) in [6.07, 6.45) is 0.689. The molecule has 0 aliphatic rings. The second-order valence-corrected chi connectivity index (χ2v) is 5.06. The van der Waals surface area contributed by atoms with Gasteiger partial charge in [0, 0.05) is 11.8 Å². The Hall–Kier alpha value is -2.68. The molecule has 22 heavy (non-hydrogen) atoms. The van der Waals surface area contributed by atoms with Gasteiger partial charge in [0.15, 0.2) is 0 Å². The number of rotatable bonds is 4. The first kappa shape index (κ1) is 14.3. The van der Waals surface area contributed by atoms with Crippen LogP contribution < -0.4 is 0 Å². The van der Waals surface area contributed by atoms with E-state index in [4.69, 9.17) is 4.74 Å². The Bertz CT molecular complexity index is 797. The first-order valence-corrected chi connectivity index (χ1v) is 7.37. The third-order valence-electron chi connectivity index (χ3n) is 3.52. The minimum atomic E-state index is -0.373. The zero-order valence-corrected chi connectivity index (χ0v) is 12.5. The molecule has 1 aromatic heterocycles. The molecule has 110 valence electrons. The van der Waals surface area contributed by atoms with Crippen molar-refractivity contribution in [2.75, 3.05) is 6.61 Å². The Kier molecular flexibility index (Phi) is 4.15. The van der Waals surface area contributed by atoms with E-state index < -0.39 is 0 Å². The maximum atomic E-state index is 12.0. The molecule has 0 saturated carbocycles. The van der Waals surface area contributed by atoms with Crippen molar-refractivity contribution in [3.63, 3.8) is 0 Å². The summed E-state index contributed by atoms with van der Waals surface area (Å²) in [7, 11) is 0. The Morgan fingerprint density at radius 2 is 1.77 bits per heavy atom. The van der Waals surface area contributed by atoms with E-state index in [0.29, 0.717) is 18.7 Å². The van der Waals surface area contributed by atoms with Crippen LogP contribution in [0.5, 0.6) is 0 Å². The highest BCUT2D eigenvalue weighted by Crippen LogP contribution is 2.21. The van der Waals surface area contributed by atoms with Crippen LogP contribution in [-0.2, 0) is 11.2 Å². The molecule has 0 saturated heterocycles. The number of hydrogen-bond acceptors (Lipinski definition) is 3. The standard InChI is InChI=1S/C19H17NO2/c1-2-22-19(21)18-13-15-10-6-7-11-16(15)17(20-18)12-14-8-4-3-5-9-14/h3-11,13H,2,12H2,1H3.